The Kier molecular flexibility index (Phi) is 7.73. The van der Waals surface area contributed by atoms with Crippen molar-refractivity contribution in [2.45, 2.75) is 87.3 Å². The molecule has 2 aliphatic carbocycles. The van der Waals surface area contributed by atoms with E-state index in [0.29, 0.717) is 28.6 Å². The molecule has 1 N–H and O–H groups in total. The number of aliphatic hydroxyl groups excluding tert-OH is 1. The van der Waals surface area contributed by atoms with Crippen molar-refractivity contribution in [3.63, 3.8) is 0 Å². The molecular weight excluding hydrogens is 561 g/mol. The highest BCUT2D eigenvalue weighted by Gasteiger charge is 2.56. The Morgan fingerprint density at radius 2 is 2.00 bits per heavy atom. The van der Waals surface area contributed by atoms with Gasteiger partial charge >= 0.3 is 0 Å². The fourth-order valence-electron chi connectivity index (χ4n) is 5.72. The lowest BCUT2D eigenvalue weighted by molar-refractivity contribution is -0.171. The number of benzene rings is 1. The zero-order valence-electron chi connectivity index (χ0n) is 22.5. The Morgan fingerprint density at radius 3 is 2.75 bits per heavy atom. The van der Waals surface area contributed by atoms with E-state index in [9.17, 15) is 13.9 Å². The summed E-state index contributed by atoms with van der Waals surface area (Å²) in [6, 6.07) is 3.84. The molecule has 0 radical (unpaired) electrons. The molecule has 3 aromatic rings. The predicted molar refractivity (Wildman–Crippen MR) is 148 cm³/mol. The van der Waals surface area contributed by atoms with Crippen molar-refractivity contribution in [1.82, 2.24) is 25.0 Å². The van der Waals surface area contributed by atoms with Crippen LogP contribution >= 0.6 is 21.2 Å². The van der Waals surface area contributed by atoms with Crippen molar-refractivity contribution >= 4 is 38.1 Å². The first-order valence-corrected chi connectivity index (χ1v) is 15.0. The molecule has 7 atom stereocenters. The molecule has 0 spiro atoms. The van der Waals surface area contributed by atoms with Crippen LogP contribution in [0.4, 0.5) is 14.6 Å². The molecule has 3 aliphatic rings. The average molecular weight is 595 g/mol. The first-order valence-electron chi connectivity index (χ1n) is 13.5. The number of thioether (sulfide) groups is 1. The van der Waals surface area contributed by atoms with Gasteiger partial charge in [0.1, 0.15) is 12.2 Å². The molecule has 0 amide bonds. The minimum absolute atomic E-state index is 0.0154. The van der Waals surface area contributed by atoms with Gasteiger partial charge in [-0.25, -0.2) is 23.4 Å². The highest BCUT2D eigenvalue weighted by atomic mass is 32.2. The van der Waals surface area contributed by atoms with Crippen molar-refractivity contribution < 1.29 is 28.1 Å². The largest absolute Gasteiger partial charge is 0.394 e. The summed E-state index contributed by atoms with van der Waals surface area (Å²) in [5.41, 5.74) is 1.87. The normalized spacial score (nSPS) is 28.8. The fraction of sp³-hybridized carbons (Fsp3) is 0.615. The molecule has 1 aliphatic heterocycles. The van der Waals surface area contributed by atoms with Gasteiger partial charge in [-0.05, 0) is 53.8 Å². The second-order valence-corrected chi connectivity index (χ2v) is 12.5. The SMILES string of the molecule is CCCSc1nc(N(P)[C@@H]2C[C@H]2c2ccc(F)c(F)c2)c2nnn([C@@H]3C[C@H](OCCO)[C@H]4OC(C)(C)O[C@H]43)c2n1. The topological polar surface area (TPSA) is 108 Å². The van der Waals surface area contributed by atoms with Crippen LogP contribution in [-0.2, 0) is 14.2 Å². The number of hydrogen-bond acceptors (Lipinski definition) is 10. The van der Waals surface area contributed by atoms with Gasteiger partial charge in [0.05, 0.1) is 25.4 Å². The van der Waals surface area contributed by atoms with E-state index in [2.05, 4.69) is 26.6 Å². The predicted octanol–water partition coefficient (Wildman–Crippen LogP) is 4.00. The second kappa shape index (κ2) is 11.0. The zero-order valence-corrected chi connectivity index (χ0v) is 24.5. The third-order valence-electron chi connectivity index (χ3n) is 7.57. The molecule has 3 heterocycles. The molecule has 216 valence electrons. The highest BCUT2D eigenvalue weighted by Crippen LogP contribution is 2.49. The number of nitrogens with zero attached hydrogens (tertiary/aromatic N) is 6. The number of hydrogen-bond donors (Lipinski definition) is 1. The molecule has 0 bridgehead atoms. The van der Waals surface area contributed by atoms with E-state index in [0.717, 1.165) is 24.2 Å². The van der Waals surface area contributed by atoms with Crippen molar-refractivity contribution in [3.8, 4) is 0 Å². The van der Waals surface area contributed by atoms with Crippen molar-refractivity contribution in [2.75, 3.05) is 23.6 Å². The van der Waals surface area contributed by atoms with Crippen LogP contribution in [0.25, 0.3) is 11.2 Å². The van der Waals surface area contributed by atoms with Gasteiger partial charge in [-0.3, -0.25) is 0 Å². The van der Waals surface area contributed by atoms with E-state index < -0.39 is 17.4 Å². The number of rotatable bonds is 10. The lowest BCUT2D eigenvalue weighted by Crippen LogP contribution is -2.31. The zero-order chi connectivity index (χ0) is 28.2. The summed E-state index contributed by atoms with van der Waals surface area (Å²) in [6.45, 7) is 5.96. The molecule has 14 heteroatoms. The van der Waals surface area contributed by atoms with E-state index in [-0.39, 0.29) is 49.5 Å². The maximum atomic E-state index is 13.9. The second-order valence-electron chi connectivity index (χ2n) is 10.9. The third kappa shape index (κ3) is 5.20. The Morgan fingerprint density at radius 1 is 1.20 bits per heavy atom. The van der Waals surface area contributed by atoms with Gasteiger partial charge < -0.3 is 24.0 Å². The first-order chi connectivity index (χ1) is 19.2. The summed E-state index contributed by atoms with van der Waals surface area (Å²) in [5, 5.41) is 19.0. The summed E-state index contributed by atoms with van der Waals surface area (Å²) >= 11 is 1.56. The number of halogens is 2. The average Bonchev–Trinajstić information content (AvgIpc) is 3.38. The van der Waals surface area contributed by atoms with Crippen LogP contribution in [0.5, 0.6) is 0 Å². The Labute approximate surface area is 237 Å². The smallest absolute Gasteiger partial charge is 0.191 e. The Balaban J connectivity index is 1.34. The monoisotopic (exact) mass is 594 g/mol. The maximum absolute atomic E-state index is 13.9. The molecule has 1 unspecified atom stereocenters. The summed E-state index contributed by atoms with van der Waals surface area (Å²) in [7, 11) is 2.72. The van der Waals surface area contributed by atoms with Crippen molar-refractivity contribution in [3.05, 3.63) is 35.4 Å². The number of fused-ring (bicyclic) bond motifs is 2. The third-order valence-corrected chi connectivity index (χ3v) is 9.25. The van der Waals surface area contributed by atoms with Gasteiger partial charge in [-0.15, -0.1) is 5.10 Å². The summed E-state index contributed by atoms with van der Waals surface area (Å²) in [6.07, 6.45) is 1.36. The molecule has 1 saturated heterocycles. The highest BCUT2D eigenvalue weighted by molar-refractivity contribution is 7.99. The molecular formula is C26H33F2N6O4PS. The van der Waals surface area contributed by atoms with Crippen LogP contribution in [0.2, 0.25) is 0 Å². The summed E-state index contributed by atoms with van der Waals surface area (Å²) in [5.74, 6) is -0.992. The molecule has 1 aromatic carbocycles. The molecule has 40 heavy (non-hydrogen) atoms. The lowest BCUT2D eigenvalue weighted by Gasteiger charge is -2.23. The van der Waals surface area contributed by atoms with Gasteiger partial charge in [0.2, 0.25) is 0 Å². The van der Waals surface area contributed by atoms with Crippen LogP contribution in [0, 0.1) is 11.6 Å². The van der Waals surface area contributed by atoms with Gasteiger partial charge in [0.25, 0.3) is 0 Å². The van der Waals surface area contributed by atoms with Crippen molar-refractivity contribution in [2.24, 2.45) is 0 Å². The van der Waals surface area contributed by atoms with Gasteiger partial charge in [0.15, 0.2) is 39.6 Å². The summed E-state index contributed by atoms with van der Waals surface area (Å²) in [4.78, 5) is 9.70. The summed E-state index contributed by atoms with van der Waals surface area (Å²) < 4.78 is 49.6. The van der Waals surface area contributed by atoms with Gasteiger partial charge in [0, 0.05) is 24.1 Å². The minimum atomic E-state index is -0.853. The van der Waals surface area contributed by atoms with E-state index >= 15 is 0 Å². The Hall–Kier alpha value is -2.02. The standard InChI is InChI=1S/C26H33F2N6O4PS/c1-4-9-40-25-29-23-20(24(30-25)34(39)17-11-14(17)13-5-6-15(27)16(28)10-13)31-32-33(23)18-12-19(36-8-7-35)22-21(18)37-26(2,3)38-22/h5-6,10,14,17-19,21-22,35H,4,7-9,11-12,39H2,1-3H3/t14-,17+,18+,19-,21-,22+/m0/s1. The first kappa shape index (κ1) is 28.1. The van der Waals surface area contributed by atoms with Crippen LogP contribution < -0.4 is 4.67 Å². The van der Waals surface area contributed by atoms with Crippen LogP contribution in [0.15, 0.2) is 23.4 Å². The van der Waals surface area contributed by atoms with Crippen LogP contribution in [0.3, 0.4) is 0 Å². The number of aromatic nitrogens is 5. The number of ether oxygens (including phenoxy) is 3. The molecule has 2 aromatic heterocycles. The molecule has 6 rings (SSSR count). The Bertz CT molecular complexity index is 1400. The van der Waals surface area contributed by atoms with Crippen LogP contribution in [0.1, 0.15) is 57.6 Å². The molecule has 3 fully saturated rings. The van der Waals surface area contributed by atoms with Gasteiger partial charge in [-0.1, -0.05) is 30.0 Å². The molecule has 2 saturated carbocycles. The van der Waals surface area contributed by atoms with E-state index in [1.54, 1.807) is 22.5 Å². The fourth-order valence-corrected chi connectivity index (χ4v) is 6.92. The quantitative estimate of drug-likeness (QED) is 0.210. The number of anilines is 1. The minimum Gasteiger partial charge on any atom is -0.394 e. The van der Waals surface area contributed by atoms with Gasteiger partial charge in [-0.2, -0.15) is 0 Å². The molecule has 10 nitrogen and oxygen atoms in total. The van der Waals surface area contributed by atoms with E-state index in [1.807, 2.05) is 18.5 Å². The van der Waals surface area contributed by atoms with E-state index in [4.69, 9.17) is 24.2 Å². The number of aliphatic hydroxyl groups is 1. The van der Waals surface area contributed by atoms with Crippen LogP contribution in [-0.4, -0.2) is 79.2 Å². The lowest BCUT2D eigenvalue weighted by atomic mass is 10.1. The van der Waals surface area contributed by atoms with Crippen molar-refractivity contribution in [1.29, 1.82) is 0 Å². The van der Waals surface area contributed by atoms with E-state index in [1.165, 1.54) is 12.1 Å². The maximum Gasteiger partial charge on any atom is 0.191 e.